The Kier molecular flexibility index (Phi) is 3.66. The second-order valence-corrected chi connectivity index (χ2v) is 5.37. The highest BCUT2D eigenvalue weighted by molar-refractivity contribution is 6.05. The van der Waals surface area contributed by atoms with Crippen LogP contribution in [0.15, 0.2) is 36.7 Å². The molecule has 1 N–H and O–H groups in total. The average molecular weight is 282 g/mol. The molecule has 1 unspecified atom stereocenters. The Hall–Kier alpha value is -2.27. The third-order valence-corrected chi connectivity index (χ3v) is 3.63. The zero-order valence-corrected chi connectivity index (χ0v) is 12.2. The summed E-state index contributed by atoms with van der Waals surface area (Å²) >= 11 is 0. The molecule has 1 aliphatic rings. The summed E-state index contributed by atoms with van der Waals surface area (Å²) in [6.45, 7) is 5.31. The molecule has 5 heteroatoms. The topological polar surface area (TPSA) is 58.1 Å². The van der Waals surface area contributed by atoms with Gasteiger partial charge < -0.3 is 10.2 Å². The summed E-state index contributed by atoms with van der Waals surface area (Å²) in [5, 5.41) is 3.42. The zero-order chi connectivity index (χ0) is 14.8. The summed E-state index contributed by atoms with van der Waals surface area (Å²) in [7, 11) is 0. The number of anilines is 1. The van der Waals surface area contributed by atoms with Crippen LogP contribution in [0.1, 0.15) is 28.7 Å². The lowest BCUT2D eigenvalue weighted by atomic mass is 10.1. The van der Waals surface area contributed by atoms with Gasteiger partial charge in [-0.1, -0.05) is 18.2 Å². The highest BCUT2D eigenvalue weighted by Gasteiger charge is 2.25. The second-order valence-electron chi connectivity index (χ2n) is 5.37. The van der Waals surface area contributed by atoms with Crippen LogP contribution in [0.4, 0.5) is 5.69 Å². The van der Waals surface area contributed by atoms with E-state index >= 15 is 0 Å². The molecule has 1 aromatic heterocycles. The number of carbonyl (C=O) groups excluding carboxylic acids is 1. The molecule has 0 fully saturated rings. The van der Waals surface area contributed by atoms with Crippen LogP contribution in [0.5, 0.6) is 0 Å². The minimum absolute atomic E-state index is 0.106. The fourth-order valence-corrected chi connectivity index (χ4v) is 2.48. The highest BCUT2D eigenvalue weighted by atomic mass is 16.2. The first-order valence-corrected chi connectivity index (χ1v) is 7.07. The lowest BCUT2D eigenvalue weighted by Gasteiger charge is -2.24. The van der Waals surface area contributed by atoms with Crippen LogP contribution in [0, 0.1) is 6.92 Å². The lowest BCUT2D eigenvalue weighted by molar-refractivity contribution is 0.0980. The van der Waals surface area contributed by atoms with Crippen molar-refractivity contribution >= 4 is 11.6 Å². The lowest BCUT2D eigenvalue weighted by Crippen LogP contribution is -2.40. The number of aromatic nitrogens is 2. The van der Waals surface area contributed by atoms with E-state index < -0.39 is 0 Å². The Morgan fingerprint density at radius 2 is 2.10 bits per heavy atom. The predicted octanol–water partition coefficient (Wildman–Crippen LogP) is 1.92. The van der Waals surface area contributed by atoms with Crippen molar-refractivity contribution in [2.24, 2.45) is 0 Å². The molecule has 3 rings (SSSR count). The Morgan fingerprint density at radius 3 is 2.86 bits per heavy atom. The summed E-state index contributed by atoms with van der Waals surface area (Å²) in [4.78, 5) is 22.9. The van der Waals surface area contributed by atoms with E-state index in [4.69, 9.17) is 0 Å². The van der Waals surface area contributed by atoms with E-state index in [1.807, 2.05) is 31.2 Å². The van der Waals surface area contributed by atoms with Crippen molar-refractivity contribution < 1.29 is 4.79 Å². The van der Waals surface area contributed by atoms with Gasteiger partial charge in [-0.05, 0) is 25.5 Å². The van der Waals surface area contributed by atoms with Crippen LogP contribution in [-0.4, -0.2) is 28.5 Å². The van der Waals surface area contributed by atoms with E-state index in [-0.39, 0.29) is 11.9 Å². The van der Waals surface area contributed by atoms with Crippen LogP contribution < -0.4 is 10.2 Å². The van der Waals surface area contributed by atoms with Crippen molar-refractivity contribution in [2.45, 2.75) is 26.4 Å². The standard InChI is InChI=1S/C16H18N4O/c1-11-7-19-14(9-18-11)16(21)20-10-12(2)17-8-13-5-3-4-6-15(13)20/h3-7,9,12,17H,8,10H2,1-2H3. The molecule has 1 aliphatic heterocycles. The molecule has 0 aliphatic carbocycles. The van der Waals surface area contributed by atoms with Gasteiger partial charge in [0.05, 0.1) is 11.9 Å². The second kappa shape index (κ2) is 5.61. The molecular formula is C16H18N4O. The van der Waals surface area contributed by atoms with Crippen LogP contribution in [0.2, 0.25) is 0 Å². The number of hydrogen-bond donors (Lipinski definition) is 1. The van der Waals surface area contributed by atoms with Gasteiger partial charge in [0.2, 0.25) is 0 Å². The quantitative estimate of drug-likeness (QED) is 0.868. The molecule has 0 saturated heterocycles. The van der Waals surface area contributed by atoms with E-state index in [2.05, 4.69) is 22.2 Å². The van der Waals surface area contributed by atoms with Gasteiger partial charge in [-0.3, -0.25) is 9.78 Å². The summed E-state index contributed by atoms with van der Waals surface area (Å²) in [6, 6.07) is 8.19. The maximum absolute atomic E-state index is 12.8. The van der Waals surface area contributed by atoms with Gasteiger partial charge in [0.1, 0.15) is 5.69 Å². The summed E-state index contributed by atoms with van der Waals surface area (Å²) < 4.78 is 0. The van der Waals surface area contributed by atoms with Gasteiger partial charge in [0.25, 0.3) is 5.91 Å². The van der Waals surface area contributed by atoms with Gasteiger partial charge >= 0.3 is 0 Å². The van der Waals surface area contributed by atoms with Crippen LogP contribution in [-0.2, 0) is 6.54 Å². The van der Waals surface area contributed by atoms with Crippen molar-refractivity contribution in [1.82, 2.24) is 15.3 Å². The Morgan fingerprint density at radius 1 is 1.29 bits per heavy atom. The molecule has 0 bridgehead atoms. The zero-order valence-electron chi connectivity index (χ0n) is 12.2. The van der Waals surface area contributed by atoms with Crippen molar-refractivity contribution in [3.05, 3.63) is 53.6 Å². The number of aryl methyl sites for hydroxylation is 1. The molecule has 21 heavy (non-hydrogen) atoms. The van der Waals surface area contributed by atoms with E-state index in [9.17, 15) is 4.79 Å². The number of amides is 1. The summed E-state index contributed by atoms with van der Waals surface area (Å²) in [6.07, 6.45) is 3.17. The van der Waals surface area contributed by atoms with E-state index in [0.29, 0.717) is 12.2 Å². The summed E-state index contributed by atoms with van der Waals surface area (Å²) in [5.74, 6) is -0.106. The van der Waals surface area contributed by atoms with Crippen molar-refractivity contribution in [3.8, 4) is 0 Å². The minimum atomic E-state index is -0.106. The molecule has 1 aromatic carbocycles. The first kappa shape index (κ1) is 13.7. The van der Waals surface area contributed by atoms with E-state index in [1.165, 1.54) is 0 Å². The molecule has 2 heterocycles. The maximum Gasteiger partial charge on any atom is 0.278 e. The van der Waals surface area contributed by atoms with Crippen LogP contribution in [0.25, 0.3) is 0 Å². The van der Waals surface area contributed by atoms with Gasteiger partial charge in [-0.2, -0.15) is 0 Å². The van der Waals surface area contributed by atoms with Crippen molar-refractivity contribution in [2.75, 3.05) is 11.4 Å². The number of fused-ring (bicyclic) bond motifs is 1. The van der Waals surface area contributed by atoms with Gasteiger partial charge in [0, 0.05) is 31.0 Å². The third kappa shape index (κ3) is 2.78. The maximum atomic E-state index is 12.8. The average Bonchev–Trinajstić information content (AvgIpc) is 2.67. The van der Waals surface area contributed by atoms with Crippen molar-refractivity contribution in [3.63, 3.8) is 0 Å². The Bertz CT molecular complexity index is 654. The number of nitrogens with one attached hydrogen (secondary N) is 1. The molecular weight excluding hydrogens is 264 g/mol. The molecule has 5 nitrogen and oxygen atoms in total. The first-order chi connectivity index (χ1) is 10.1. The molecule has 0 saturated carbocycles. The number of carbonyl (C=O) groups is 1. The van der Waals surface area contributed by atoms with Crippen LogP contribution >= 0.6 is 0 Å². The number of para-hydroxylation sites is 1. The Labute approximate surface area is 124 Å². The molecule has 108 valence electrons. The van der Waals surface area contributed by atoms with Gasteiger partial charge in [-0.25, -0.2) is 4.98 Å². The highest BCUT2D eigenvalue weighted by Crippen LogP contribution is 2.24. The largest absolute Gasteiger partial charge is 0.308 e. The molecule has 0 radical (unpaired) electrons. The Balaban J connectivity index is 1.99. The minimum Gasteiger partial charge on any atom is -0.308 e. The normalized spacial score (nSPS) is 18.0. The number of nitrogens with zero attached hydrogens (tertiary/aromatic N) is 3. The number of rotatable bonds is 1. The molecule has 0 spiro atoms. The predicted molar refractivity (Wildman–Crippen MR) is 81.2 cm³/mol. The molecule has 2 aromatic rings. The SMILES string of the molecule is Cc1cnc(C(=O)N2CC(C)NCc3ccccc32)cn1. The first-order valence-electron chi connectivity index (χ1n) is 7.07. The van der Waals surface area contributed by atoms with E-state index in [0.717, 1.165) is 23.5 Å². The van der Waals surface area contributed by atoms with Crippen LogP contribution in [0.3, 0.4) is 0 Å². The number of hydrogen-bond acceptors (Lipinski definition) is 4. The molecule has 1 atom stereocenters. The number of benzene rings is 1. The third-order valence-electron chi connectivity index (χ3n) is 3.63. The van der Waals surface area contributed by atoms with Crippen molar-refractivity contribution in [1.29, 1.82) is 0 Å². The fraction of sp³-hybridized carbons (Fsp3) is 0.312. The van der Waals surface area contributed by atoms with Gasteiger partial charge in [0.15, 0.2) is 0 Å². The smallest absolute Gasteiger partial charge is 0.278 e. The fourth-order valence-electron chi connectivity index (χ4n) is 2.48. The molecule has 1 amide bonds. The van der Waals surface area contributed by atoms with E-state index in [1.54, 1.807) is 17.3 Å². The van der Waals surface area contributed by atoms with Gasteiger partial charge in [-0.15, -0.1) is 0 Å². The summed E-state index contributed by atoms with van der Waals surface area (Å²) in [5.41, 5.74) is 3.25. The monoisotopic (exact) mass is 282 g/mol.